The molecule has 0 unspecified atom stereocenters. The summed E-state index contributed by atoms with van der Waals surface area (Å²) in [6.07, 6.45) is 0. The number of anilines is 1. The number of piperazine rings is 1. The Hall–Kier alpha value is -1.07. The third-order valence-corrected chi connectivity index (χ3v) is 4.16. The van der Waals surface area contributed by atoms with Crippen LogP contribution in [0.25, 0.3) is 0 Å². The van der Waals surface area contributed by atoms with E-state index in [0.717, 1.165) is 22.3 Å². The second kappa shape index (κ2) is 4.90. The predicted molar refractivity (Wildman–Crippen MR) is 76.5 cm³/mol. The van der Waals surface area contributed by atoms with Crippen LogP contribution in [0, 0.1) is 0 Å². The van der Waals surface area contributed by atoms with Crippen molar-refractivity contribution >= 4 is 27.5 Å². The fourth-order valence-corrected chi connectivity index (χ4v) is 2.75. The standard InChI is InChI=1S/C13H18BrN3O/c1-13(2)12(18)16-5-6-17(13)10-4-3-9(8-15)11(14)7-10/h3-4,7H,5-6,8,15H2,1-2H3,(H,16,18). The molecule has 98 valence electrons. The SMILES string of the molecule is CC1(C)C(=O)NCCN1c1ccc(CN)c(Br)c1. The maximum absolute atomic E-state index is 11.9. The van der Waals surface area contributed by atoms with Crippen LogP contribution >= 0.6 is 15.9 Å². The van der Waals surface area contributed by atoms with Gasteiger partial charge in [0.15, 0.2) is 0 Å². The average Bonchev–Trinajstić information content (AvgIpc) is 2.32. The van der Waals surface area contributed by atoms with Crippen molar-refractivity contribution in [3.8, 4) is 0 Å². The van der Waals surface area contributed by atoms with Gasteiger partial charge in [-0.15, -0.1) is 0 Å². The van der Waals surface area contributed by atoms with Crippen molar-refractivity contribution in [1.29, 1.82) is 0 Å². The lowest BCUT2D eigenvalue weighted by molar-refractivity contribution is -0.126. The van der Waals surface area contributed by atoms with Gasteiger partial charge in [0.25, 0.3) is 0 Å². The molecular formula is C13H18BrN3O. The smallest absolute Gasteiger partial charge is 0.245 e. The Bertz CT molecular complexity index is 473. The Morgan fingerprint density at radius 2 is 2.22 bits per heavy atom. The highest BCUT2D eigenvalue weighted by Gasteiger charge is 2.37. The van der Waals surface area contributed by atoms with Crippen LogP contribution in [0.1, 0.15) is 19.4 Å². The van der Waals surface area contributed by atoms with Gasteiger partial charge in [0.05, 0.1) is 0 Å². The van der Waals surface area contributed by atoms with Gasteiger partial charge < -0.3 is 16.0 Å². The first-order valence-electron chi connectivity index (χ1n) is 6.01. The molecule has 0 bridgehead atoms. The lowest BCUT2D eigenvalue weighted by atomic mass is 9.97. The summed E-state index contributed by atoms with van der Waals surface area (Å²) in [7, 11) is 0. The van der Waals surface area contributed by atoms with Gasteiger partial charge in [-0.1, -0.05) is 22.0 Å². The molecule has 3 N–H and O–H groups in total. The molecular weight excluding hydrogens is 294 g/mol. The highest BCUT2D eigenvalue weighted by atomic mass is 79.9. The number of hydrogen-bond acceptors (Lipinski definition) is 3. The van der Waals surface area contributed by atoms with Crippen molar-refractivity contribution < 1.29 is 4.79 Å². The molecule has 0 atom stereocenters. The molecule has 1 amide bonds. The predicted octanol–water partition coefficient (Wildman–Crippen LogP) is 1.62. The molecule has 1 aliphatic rings. The number of benzene rings is 1. The largest absolute Gasteiger partial charge is 0.356 e. The monoisotopic (exact) mass is 311 g/mol. The van der Waals surface area contributed by atoms with Gasteiger partial charge in [-0.25, -0.2) is 0 Å². The summed E-state index contributed by atoms with van der Waals surface area (Å²) in [6, 6.07) is 6.05. The van der Waals surface area contributed by atoms with Crippen LogP contribution < -0.4 is 16.0 Å². The van der Waals surface area contributed by atoms with E-state index >= 15 is 0 Å². The molecule has 0 saturated carbocycles. The van der Waals surface area contributed by atoms with Gasteiger partial charge in [0.1, 0.15) is 5.54 Å². The average molecular weight is 312 g/mol. The zero-order chi connectivity index (χ0) is 13.3. The molecule has 1 heterocycles. The third kappa shape index (κ3) is 2.24. The van der Waals surface area contributed by atoms with E-state index in [4.69, 9.17) is 5.73 Å². The number of amides is 1. The summed E-state index contributed by atoms with van der Waals surface area (Å²) in [5.74, 6) is 0.0628. The van der Waals surface area contributed by atoms with Crippen LogP contribution in [0.15, 0.2) is 22.7 Å². The minimum Gasteiger partial charge on any atom is -0.356 e. The van der Waals surface area contributed by atoms with Crippen LogP contribution in [0.3, 0.4) is 0 Å². The molecule has 0 radical (unpaired) electrons. The number of carbonyl (C=O) groups is 1. The van der Waals surface area contributed by atoms with E-state index in [1.807, 2.05) is 32.0 Å². The van der Waals surface area contributed by atoms with Gasteiger partial charge in [-0.05, 0) is 31.5 Å². The molecule has 18 heavy (non-hydrogen) atoms. The third-order valence-electron chi connectivity index (χ3n) is 3.42. The van der Waals surface area contributed by atoms with Gasteiger partial charge in [0, 0.05) is 29.8 Å². The zero-order valence-electron chi connectivity index (χ0n) is 10.7. The summed E-state index contributed by atoms with van der Waals surface area (Å²) >= 11 is 3.52. The number of carbonyl (C=O) groups excluding carboxylic acids is 1. The Kier molecular flexibility index (Phi) is 3.64. The first kappa shape index (κ1) is 13.4. The van der Waals surface area contributed by atoms with Crippen LogP contribution in [0.2, 0.25) is 0 Å². The second-order valence-electron chi connectivity index (χ2n) is 4.95. The van der Waals surface area contributed by atoms with E-state index < -0.39 is 5.54 Å². The molecule has 4 nitrogen and oxygen atoms in total. The lowest BCUT2D eigenvalue weighted by Crippen LogP contribution is -2.62. The van der Waals surface area contributed by atoms with Gasteiger partial charge in [-0.3, -0.25) is 4.79 Å². The summed E-state index contributed by atoms with van der Waals surface area (Å²) in [6.45, 7) is 5.87. The van der Waals surface area contributed by atoms with Crippen molar-refractivity contribution in [2.75, 3.05) is 18.0 Å². The Morgan fingerprint density at radius 1 is 1.50 bits per heavy atom. The van der Waals surface area contributed by atoms with Crippen molar-refractivity contribution in [3.63, 3.8) is 0 Å². The van der Waals surface area contributed by atoms with Gasteiger partial charge in [0.2, 0.25) is 5.91 Å². The van der Waals surface area contributed by atoms with Crippen LogP contribution in [-0.4, -0.2) is 24.5 Å². The number of nitrogens with zero attached hydrogens (tertiary/aromatic N) is 1. The van der Waals surface area contributed by atoms with Crippen LogP contribution in [0.4, 0.5) is 5.69 Å². The van der Waals surface area contributed by atoms with E-state index in [1.54, 1.807) is 0 Å². The Morgan fingerprint density at radius 3 is 2.83 bits per heavy atom. The number of halogens is 1. The summed E-state index contributed by atoms with van der Waals surface area (Å²) in [5.41, 5.74) is 7.23. The minimum atomic E-state index is -0.526. The number of hydrogen-bond donors (Lipinski definition) is 2. The van der Waals surface area contributed by atoms with E-state index in [-0.39, 0.29) is 5.91 Å². The van der Waals surface area contributed by atoms with Gasteiger partial charge >= 0.3 is 0 Å². The second-order valence-corrected chi connectivity index (χ2v) is 5.80. The molecule has 1 saturated heterocycles. The van der Waals surface area contributed by atoms with E-state index in [1.165, 1.54) is 0 Å². The molecule has 5 heteroatoms. The number of nitrogens with two attached hydrogens (primary N) is 1. The van der Waals surface area contributed by atoms with Crippen molar-refractivity contribution in [2.24, 2.45) is 5.73 Å². The van der Waals surface area contributed by atoms with Crippen molar-refractivity contribution in [2.45, 2.75) is 25.9 Å². The Balaban J connectivity index is 2.36. The molecule has 1 aliphatic heterocycles. The van der Waals surface area contributed by atoms with Crippen molar-refractivity contribution in [3.05, 3.63) is 28.2 Å². The highest BCUT2D eigenvalue weighted by Crippen LogP contribution is 2.30. The summed E-state index contributed by atoms with van der Waals surface area (Å²) in [5, 5.41) is 2.90. The zero-order valence-corrected chi connectivity index (χ0v) is 12.3. The first-order valence-corrected chi connectivity index (χ1v) is 6.80. The molecule has 1 aromatic rings. The topological polar surface area (TPSA) is 58.4 Å². The molecule has 0 aromatic heterocycles. The van der Waals surface area contributed by atoms with Crippen molar-refractivity contribution in [1.82, 2.24) is 5.32 Å². The molecule has 0 aliphatic carbocycles. The fraction of sp³-hybridized carbons (Fsp3) is 0.462. The van der Waals surface area contributed by atoms with E-state index in [9.17, 15) is 4.79 Å². The lowest BCUT2D eigenvalue weighted by Gasteiger charge is -2.43. The van der Waals surface area contributed by atoms with E-state index in [0.29, 0.717) is 13.1 Å². The number of rotatable bonds is 2. The molecule has 2 rings (SSSR count). The normalized spacial score (nSPS) is 18.7. The maximum atomic E-state index is 11.9. The maximum Gasteiger partial charge on any atom is 0.245 e. The quantitative estimate of drug-likeness (QED) is 0.872. The fourth-order valence-electron chi connectivity index (χ4n) is 2.22. The van der Waals surface area contributed by atoms with Gasteiger partial charge in [-0.2, -0.15) is 0 Å². The number of nitrogens with one attached hydrogen (secondary N) is 1. The van der Waals surface area contributed by atoms with Crippen LogP contribution in [0.5, 0.6) is 0 Å². The minimum absolute atomic E-state index is 0.0628. The summed E-state index contributed by atoms with van der Waals surface area (Å²) < 4.78 is 0.990. The van der Waals surface area contributed by atoms with E-state index in [2.05, 4.69) is 26.1 Å². The Labute approximate surface area is 116 Å². The highest BCUT2D eigenvalue weighted by molar-refractivity contribution is 9.10. The molecule has 0 spiro atoms. The molecule has 1 fully saturated rings. The van der Waals surface area contributed by atoms with Crippen LogP contribution in [-0.2, 0) is 11.3 Å². The summed E-state index contributed by atoms with van der Waals surface area (Å²) in [4.78, 5) is 14.0. The first-order chi connectivity index (χ1) is 8.46. The molecule has 1 aromatic carbocycles.